The van der Waals surface area contributed by atoms with Gasteiger partial charge in [0.25, 0.3) is 0 Å². The van der Waals surface area contributed by atoms with Crippen molar-refractivity contribution in [2.24, 2.45) is 5.73 Å². The van der Waals surface area contributed by atoms with E-state index in [1.54, 1.807) is 0 Å². The molecule has 0 amide bonds. The highest BCUT2D eigenvalue weighted by Crippen LogP contribution is 1.98. The largest absolute Gasteiger partial charge is 0.350 e. The van der Waals surface area contributed by atoms with Gasteiger partial charge in [0.2, 0.25) is 0 Å². The van der Waals surface area contributed by atoms with E-state index in [1.807, 2.05) is 4.98 Å². The molecule has 15 heavy (non-hydrogen) atoms. The van der Waals surface area contributed by atoms with Crippen molar-refractivity contribution in [1.82, 2.24) is 9.55 Å². The third-order valence-electron chi connectivity index (χ3n) is 1.79. The Kier molecular flexibility index (Phi) is 3.34. The number of nitrogens with zero attached hydrogens (tertiary/aromatic N) is 2. The highest BCUT2D eigenvalue weighted by atomic mass is 16.6. The molecule has 0 aliphatic carbocycles. The summed E-state index contributed by atoms with van der Waals surface area (Å²) in [6.45, 7) is 0.603. The molecule has 0 unspecified atom stereocenters. The molecule has 0 atom stereocenters. The fourth-order valence-electron chi connectivity index (χ4n) is 1.06. The maximum atomic E-state index is 11.2. The molecule has 0 aromatic carbocycles. The summed E-state index contributed by atoms with van der Waals surface area (Å²) in [5, 5.41) is 10.4. The Morgan fingerprint density at radius 1 is 1.53 bits per heavy atom. The average Bonchev–Trinajstić information content (AvgIpc) is 2.16. The number of hydrogen-bond donors (Lipinski definition) is 2. The molecule has 8 heteroatoms. The summed E-state index contributed by atoms with van der Waals surface area (Å²) in [5.41, 5.74) is 2.93. The molecule has 0 spiro atoms. The lowest BCUT2D eigenvalue weighted by Crippen LogP contribution is -2.31. The number of nitrogens with two attached hydrogens (primary N) is 1. The van der Waals surface area contributed by atoms with E-state index in [1.165, 1.54) is 0 Å². The van der Waals surface area contributed by atoms with E-state index in [0.29, 0.717) is 13.0 Å². The molecule has 8 nitrogen and oxygen atoms in total. The van der Waals surface area contributed by atoms with Crippen LogP contribution >= 0.6 is 0 Å². The van der Waals surface area contributed by atoms with Gasteiger partial charge in [-0.2, -0.15) is 0 Å². The smallest absolute Gasteiger partial charge is 0.330 e. The van der Waals surface area contributed by atoms with Crippen molar-refractivity contribution in [3.63, 3.8) is 0 Å². The molecule has 1 aromatic rings. The Morgan fingerprint density at radius 3 is 2.73 bits per heavy atom. The molecule has 0 radical (unpaired) electrons. The van der Waals surface area contributed by atoms with Crippen LogP contribution in [0, 0.1) is 10.1 Å². The second-order valence-corrected chi connectivity index (χ2v) is 2.87. The minimum absolute atomic E-state index is 0.243. The predicted octanol–water partition coefficient (Wildman–Crippen LogP) is -1.21. The summed E-state index contributed by atoms with van der Waals surface area (Å²) >= 11 is 0. The molecule has 0 saturated carbocycles. The monoisotopic (exact) mass is 214 g/mol. The molecular weight excluding hydrogens is 204 g/mol. The van der Waals surface area contributed by atoms with Gasteiger partial charge in [-0.3, -0.25) is 24.5 Å². The zero-order valence-corrected chi connectivity index (χ0v) is 7.80. The van der Waals surface area contributed by atoms with E-state index in [4.69, 9.17) is 5.73 Å². The zero-order valence-electron chi connectivity index (χ0n) is 7.80. The van der Waals surface area contributed by atoms with Crippen LogP contribution < -0.4 is 17.0 Å². The van der Waals surface area contributed by atoms with E-state index in [9.17, 15) is 19.7 Å². The minimum Gasteiger partial charge on any atom is -0.330 e. The number of nitrogens with one attached hydrogen (secondary N) is 1. The lowest BCUT2D eigenvalue weighted by atomic mass is 10.4. The molecular formula is C7H10N4O4. The normalized spacial score (nSPS) is 10.2. The fraction of sp³-hybridized carbons (Fsp3) is 0.429. The van der Waals surface area contributed by atoms with Gasteiger partial charge in [0.1, 0.15) is 0 Å². The number of hydrogen-bond acceptors (Lipinski definition) is 5. The van der Waals surface area contributed by atoms with Crippen molar-refractivity contribution in [3.8, 4) is 0 Å². The number of H-pyrrole nitrogens is 1. The van der Waals surface area contributed by atoms with Crippen LogP contribution in [0.2, 0.25) is 0 Å². The molecule has 0 aliphatic heterocycles. The van der Waals surface area contributed by atoms with Gasteiger partial charge in [-0.1, -0.05) is 0 Å². The first-order chi connectivity index (χ1) is 7.06. The highest BCUT2D eigenvalue weighted by molar-refractivity contribution is 5.20. The molecule has 1 aromatic heterocycles. The zero-order chi connectivity index (χ0) is 11.4. The molecule has 0 aliphatic rings. The standard InChI is InChI=1S/C7H10N4O4/c8-2-1-3-10-4-5(11(14)15)6(12)9-7(10)13/h4H,1-3,8H2,(H,9,12,13). The van der Waals surface area contributed by atoms with E-state index >= 15 is 0 Å². The third kappa shape index (κ3) is 2.50. The molecule has 82 valence electrons. The molecule has 0 bridgehead atoms. The van der Waals surface area contributed by atoms with Gasteiger partial charge in [-0.25, -0.2) is 4.79 Å². The maximum Gasteiger partial charge on any atom is 0.350 e. The first-order valence-electron chi connectivity index (χ1n) is 4.24. The van der Waals surface area contributed by atoms with Crippen molar-refractivity contribution in [2.45, 2.75) is 13.0 Å². The van der Waals surface area contributed by atoms with E-state index in [0.717, 1.165) is 10.8 Å². The van der Waals surface area contributed by atoms with Crippen molar-refractivity contribution in [2.75, 3.05) is 6.54 Å². The third-order valence-corrected chi connectivity index (χ3v) is 1.79. The van der Waals surface area contributed by atoms with Gasteiger partial charge in [0.05, 0.1) is 11.1 Å². The lowest BCUT2D eigenvalue weighted by Gasteiger charge is -2.02. The number of aromatic amines is 1. The van der Waals surface area contributed by atoms with Crippen molar-refractivity contribution in [3.05, 3.63) is 37.1 Å². The Bertz CT molecular complexity index is 475. The molecule has 1 rings (SSSR count). The summed E-state index contributed by atoms with van der Waals surface area (Å²) in [5.74, 6) is 0. The number of rotatable bonds is 4. The Morgan fingerprint density at radius 2 is 2.20 bits per heavy atom. The SMILES string of the molecule is NCCCn1cc([N+](=O)[O-])c(=O)[nH]c1=O. The predicted molar refractivity (Wildman–Crippen MR) is 51.6 cm³/mol. The van der Waals surface area contributed by atoms with E-state index in [-0.39, 0.29) is 6.54 Å². The minimum atomic E-state index is -0.992. The number of nitro groups is 1. The van der Waals surface area contributed by atoms with E-state index < -0.39 is 21.9 Å². The van der Waals surface area contributed by atoms with Crippen LogP contribution in [0.4, 0.5) is 5.69 Å². The topological polar surface area (TPSA) is 124 Å². The summed E-state index contributed by atoms with van der Waals surface area (Å²) in [6.07, 6.45) is 1.43. The van der Waals surface area contributed by atoms with Crippen molar-refractivity contribution >= 4 is 5.69 Å². The number of aryl methyl sites for hydroxylation is 1. The van der Waals surface area contributed by atoms with Crippen LogP contribution in [0.1, 0.15) is 6.42 Å². The summed E-state index contributed by atoms with van der Waals surface area (Å²) in [4.78, 5) is 33.6. The quantitative estimate of drug-likeness (QED) is 0.480. The summed E-state index contributed by atoms with van der Waals surface area (Å²) in [7, 11) is 0. The van der Waals surface area contributed by atoms with Gasteiger partial charge in [-0.05, 0) is 13.0 Å². The number of aromatic nitrogens is 2. The van der Waals surface area contributed by atoms with Gasteiger partial charge < -0.3 is 5.73 Å². The average molecular weight is 214 g/mol. The maximum absolute atomic E-state index is 11.2. The first kappa shape index (κ1) is 11.1. The van der Waals surface area contributed by atoms with Gasteiger partial charge in [0, 0.05) is 6.54 Å². The molecule has 1 heterocycles. The van der Waals surface area contributed by atoms with Crippen LogP contribution in [0.25, 0.3) is 0 Å². The van der Waals surface area contributed by atoms with Crippen LogP contribution in [0.15, 0.2) is 15.8 Å². The van der Waals surface area contributed by atoms with Crippen LogP contribution in [0.5, 0.6) is 0 Å². The summed E-state index contributed by atoms with van der Waals surface area (Å²) < 4.78 is 1.06. The second-order valence-electron chi connectivity index (χ2n) is 2.87. The van der Waals surface area contributed by atoms with Crippen molar-refractivity contribution < 1.29 is 4.92 Å². The van der Waals surface area contributed by atoms with Crippen LogP contribution in [0.3, 0.4) is 0 Å². The van der Waals surface area contributed by atoms with Gasteiger partial charge in [0.15, 0.2) is 0 Å². The molecule has 3 N–H and O–H groups in total. The van der Waals surface area contributed by atoms with Gasteiger partial charge in [-0.15, -0.1) is 0 Å². The Hall–Kier alpha value is -1.96. The lowest BCUT2D eigenvalue weighted by molar-refractivity contribution is -0.386. The fourth-order valence-corrected chi connectivity index (χ4v) is 1.06. The van der Waals surface area contributed by atoms with Crippen LogP contribution in [-0.4, -0.2) is 21.0 Å². The Balaban J connectivity index is 3.18. The Labute approximate surface area is 83.5 Å². The molecule has 0 fully saturated rings. The molecule has 0 saturated heterocycles. The summed E-state index contributed by atoms with van der Waals surface area (Å²) in [6, 6.07) is 0. The second kappa shape index (κ2) is 4.51. The first-order valence-corrected chi connectivity index (χ1v) is 4.24. The van der Waals surface area contributed by atoms with Gasteiger partial charge >= 0.3 is 16.9 Å². The van der Waals surface area contributed by atoms with Crippen LogP contribution in [-0.2, 0) is 6.54 Å². The highest BCUT2D eigenvalue weighted by Gasteiger charge is 2.14. The van der Waals surface area contributed by atoms with Crippen molar-refractivity contribution in [1.29, 1.82) is 0 Å². The van der Waals surface area contributed by atoms with E-state index in [2.05, 4.69) is 0 Å².